The van der Waals surface area contributed by atoms with Crippen molar-refractivity contribution < 1.29 is 4.74 Å². The van der Waals surface area contributed by atoms with Crippen LogP contribution in [0.2, 0.25) is 0 Å². The number of nitrogens with two attached hydrogens (primary N) is 1. The first-order valence-corrected chi connectivity index (χ1v) is 7.77. The van der Waals surface area contributed by atoms with E-state index in [2.05, 4.69) is 29.0 Å². The average Bonchev–Trinajstić information content (AvgIpc) is 2.97. The molecule has 1 aliphatic heterocycles. The first-order chi connectivity index (χ1) is 9.34. The Bertz CT molecular complexity index is 523. The smallest absolute Gasteiger partial charge is 0.122 e. The van der Waals surface area contributed by atoms with Gasteiger partial charge in [-0.1, -0.05) is 18.2 Å². The number of thiophene rings is 1. The number of fused-ring (bicyclic) bond motifs is 1. The Balaban J connectivity index is 1.69. The van der Waals surface area contributed by atoms with Gasteiger partial charge < -0.3 is 10.5 Å². The van der Waals surface area contributed by atoms with Gasteiger partial charge in [0.15, 0.2) is 0 Å². The second-order valence-electron chi connectivity index (χ2n) is 5.12. The fourth-order valence-corrected chi connectivity index (χ4v) is 3.49. The van der Waals surface area contributed by atoms with E-state index >= 15 is 0 Å². The van der Waals surface area contributed by atoms with Crippen LogP contribution in [0, 0.1) is 0 Å². The Morgan fingerprint density at radius 2 is 2.21 bits per heavy atom. The Labute approximate surface area is 118 Å². The molecule has 0 spiro atoms. The molecule has 3 heteroatoms. The van der Waals surface area contributed by atoms with Gasteiger partial charge in [-0.25, -0.2) is 0 Å². The van der Waals surface area contributed by atoms with Crippen LogP contribution in [0.3, 0.4) is 0 Å². The quantitative estimate of drug-likeness (QED) is 0.924. The first-order valence-electron chi connectivity index (χ1n) is 6.83. The molecule has 3 rings (SSSR count). The van der Waals surface area contributed by atoms with Crippen molar-refractivity contribution in [2.45, 2.75) is 31.2 Å². The van der Waals surface area contributed by atoms with E-state index in [1.54, 1.807) is 11.3 Å². The van der Waals surface area contributed by atoms with Crippen molar-refractivity contribution in [1.29, 1.82) is 0 Å². The molecule has 1 aliphatic rings. The van der Waals surface area contributed by atoms with Gasteiger partial charge in [0.1, 0.15) is 5.75 Å². The van der Waals surface area contributed by atoms with Gasteiger partial charge >= 0.3 is 0 Å². The van der Waals surface area contributed by atoms with Gasteiger partial charge in [-0.3, -0.25) is 0 Å². The highest BCUT2D eigenvalue weighted by atomic mass is 32.1. The molecule has 0 fully saturated rings. The molecule has 100 valence electrons. The van der Waals surface area contributed by atoms with Crippen LogP contribution in [0.15, 0.2) is 41.1 Å². The van der Waals surface area contributed by atoms with E-state index in [-0.39, 0.29) is 6.04 Å². The largest absolute Gasteiger partial charge is 0.493 e. The molecule has 2 heterocycles. The van der Waals surface area contributed by atoms with E-state index in [1.807, 2.05) is 12.1 Å². The number of benzene rings is 1. The summed E-state index contributed by atoms with van der Waals surface area (Å²) in [4.78, 5) is 0. The fourth-order valence-electron chi connectivity index (χ4n) is 2.78. The summed E-state index contributed by atoms with van der Waals surface area (Å²) in [6.07, 6.45) is 3.14. The van der Waals surface area contributed by atoms with Gasteiger partial charge in [0, 0.05) is 12.0 Å². The molecule has 0 bridgehead atoms. The highest BCUT2D eigenvalue weighted by molar-refractivity contribution is 7.07. The van der Waals surface area contributed by atoms with Crippen LogP contribution in [-0.2, 0) is 6.42 Å². The molecule has 1 aromatic carbocycles. The summed E-state index contributed by atoms with van der Waals surface area (Å²) in [7, 11) is 0. The minimum Gasteiger partial charge on any atom is -0.493 e. The minimum atomic E-state index is 0.213. The molecule has 2 unspecified atom stereocenters. The van der Waals surface area contributed by atoms with Gasteiger partial charge in [0.05, 0.1) is 6.61 Å². The summed E-state index contributed by atoms with van der Waals surface area (Å²) in [5.41, 5.74) is 9.12. The summed E-state index contributed by atoms with van der Waals surface area (Å²) in [6.45, 7) is 0.786. The highest BCUT2D eigenvalue weighted by Crippen LogP contribution is 2.35. The molecular weight excluding hydrogens is 254 g/mol. The summed E-state index contributed by atoms with van der Waals surface area (Å²) in [5, 5.41) is 4.34. The summed E-state index contributed by atoms with van der Waals surface area (Å²) in [6, 6.07) is 10.7. The second kappa shape index (κ2) is 5.76. The zero-order valence-corrected chi connectivity index (χ0v) is 11.7. The molecule has 19 heavy (non-hydrogen) atoms. The summed E-state index contributed by atoms with van der Waals surface area (Å²) in [5.74, 6) is 1.45. The van der Waals surface area contributed by atoms with Crippen LogP contribution < -0.4 is 10.5 Å². The van der Waals surface area contributed by atoms with E-state index in [1.165, 1.54) is 11.1 Å². The third-order valence-electron chi connectivity index (χ3n) is 3.87. The third-order valence-corrected chi connectivity index (χ3v) is 4.60. The van der Waals surface area contributed by atoms with Crippen molar-refractivity contribution in [3.05, 3.63) is 52.2 Å². The van der Waals surface area contributed by atoms with E-state index in [9.17, 15) is 0 Å². The van der Waals surface area contributed by atoms with Crippen molar-refractivity contribution in [3.8, 4) is 5.75 Å². The van der Waals surface area contributed by atoms with Crippen LogP contribution in [0.1, 0.15) is 29.9 Å². The molecule has 0 aliphatic carbocycles. The highest BCUT2D eigenvalue weighted by Gasteiger charge is 2.26. The lowest BCUT2D eigenvalue weighted by Crippen LogP contribution is -2.32. The normalized spacial score (nSPS) is 19.5. The topological polar surface area (TPSA) is 35.2 Å². The van der Waals surface area contributed by atoms with Crippen molar-refractivity contribution in [1.82, 2.24) is 0 Å². The lowest BCUT2D eigenvalue weighted by Gasteiger charge is -2.30. The molecule has 0 radical (unpaired) electrons. The van der Waals surface area contributed by atoms with Crippen LogP contribution in [0.4, 0.5) is 0 Å². The maximum Gasteiger partial charge on any atom is 0.122 e. The zero-order chi connectivity index (χ0) is 13.1. The lowest BCUT2D eigenvalue weighted by atomic mass is 9.84. The van der Waals surface area contributed by atoms with E-state index in [0.29, 0.717) is 5.92 Å². The molecule has 1 aromatic heterocycles. The molecule has 2 N–H and O–H groups in total. The van der Waals surface area contributed by atoms with Gasteiger partial charge in [0.25, 0.3) is 0 Å². The van der Waals surface area contributed by atoms with Crippen LogP contribution in [0.5, 0.6) is 5.75 Å². The van der Waals surface area contributed by atoms with E-state index < -0.39 is 0 Å². The van der Waals surface area contributed by atoms with Gasteiger partial charge in [0.2, 0.25) is 0 Å². The number of hydrogen-bond acceptors (Lipinski definition) is 3. The summed E-state index contributed by atoms with van der Waals surface area (Å²) < 4.78 is 5.70. The number of hydrogen-bond donors (Lipinski definition) is 1. The number of para-hydroxylation sites is 1. The van der Waals surface area contributed by atoms with Crippen LogP contribution >= 0.6 is 11.3 Å². The molecule has 0 saturated heterocycles. The molecule has 2 nitrogen and oxygen atoms in total. The molecular formula is C16H19NOS. The molecule has 0 saturated carbocycles. The Hall–Kier alpha value is -1.32. The predicted octanol–water partition coefficient (Wildman–Crippen LogP) is 3.57. The second-order valence-corrected chi connectivity index (χ2v) is 5.90. The van der Waals surface area contributed by atoms with Gasteiger partial charge in [-0.15, -0.1) is 0 Å². The number of ether oxygens (including phenoxy) is 1. The SMILES string of the molecule is NC(CCc1ccsc1)C1CCOc2ccccc21. The monoisotopic (exact) mass is 273 g/mol. The van der Waals surface area contributed by atoms with Crippen molar-refractivity contribution >= 4 is 11.3 Å². The Morgan fingerprint density at radius 3 is 3.05 bits per heavy atom. The number of aryl methyl sites for hydroxylation is 1. The molecule has 2 aromatic rings. The first kappa shape index (κ1) is 12.7. The van der Waals surface area contributed by atoms with E-state index in [0.717, 1.165) is 31.6 Å². The maximum atomic E-state index is 6.43. The van der Waals surface area contributed by atoms with E-state index in [4.69, 9.17) is 10.5 Å². The minimum absolute atomic E-state index is 0.213. The van der Waals surface area contributed by atoms with Gasteiger partial charge in [-0.05, 0) is 53.3 Å². The van der Waals surface area contributed by atoms with Crippen molar-refractivity contribution in [3.63, 3.8) is 0 Å². The Morgan fingerprint density at radius 1 is 1.32 bits per heavy atom. The average molecular weight is 273 g/mol. The molecule has 2 atom stereocenters. The standard InChI is InChI=1S/C16H19NOS/c17-15(6-5-12-8-10-19-11-12)13-7-9-18-16-4-2-1-3-14(13)16/h1-4,8,10-11,13,15H,5-7,9,17H2. The molecule has 0 amide bonds. The summed E-state index contributed by atoms with van der Waals surface area (Å²) >= 11 is 1.75. The Kier molecular flexibility index (Phi) is 3.85. The predicted molar refractivity (Wildman–Crippen MR) is 79.9 cm³/mol. The zero-order valence-electron chi connectivity index (χ0n) is 10.9. The third kappa shape index (κ3) is 2.82. The number of rotatable bonds is 4. The van der Waals surface area contributed by atoms with Crippen molar-refractivity contribution in [2.24, 2.45) is 5.73 Å². The van der Waals surface area contributed by atoms with Gasteiger partial charge in [-0.2, -0.15) is 11.3 Å². The van der Waals surface area contributed by atoms with Crippen LogP contribution in [0.25, 0.3) is 0 Å². The fraction of sp³-hybridized carbons (Fsp3) is 0.375. The maximum absolute atomic E-state index is 6.43. The van der Waals surface area contributed by atoms with Crippen molar-refractivity contribution in [2.75, 3.05) is 6.61 Å². The van der Waals surface area contributed by atoms with Crippen LogP contribution in [-0.4, -0.2) is 12.6 Å². The lowest BCUT2D eigenvalue weighted by molar-refractivity contribution is 0.252.